The summed E-state index contributed by atoms with van der Waals surface area (Å²) in [6.07, 6.45) is -15.7. The van der Waals surface area contributed by atoms with E-state index in [9.17, 15) is 30.6 Å². The number of aliphatic hydroxyl groups excluding tert-OH is 8. The van der Waals surface area contributed by atoms with Crippen molar-refractivity contribution in [1.82, 2.24) is 0 Å². The summed E-state index contributed by atoms with van der Waals surface area (Å²) in [6, 6.07) is 0. The zero-order valence-corrected chi connectivity index (χ0v) is 12.0. The van der Waals surface area contributed by atoms with Crippen LogP contribution in [0.2, 0.25) is 0 Å². The second-order valence-electron chi connectivity index (χ2n) is 5.53. The van der Waals surface area contributed by atoms with Gasteiger partial charge in [0.15, 0.2) is 12.6 Å². The molecule has 0 spiro atoms. The van der Waals surface area contributed by atoms with Crippen LogP contribution < -0.4 is 0 Å². The van der Waals surface area contributed by atoms with Gasteiger partial charge in [-0.25, -0.2) is 0 Å². The summed E-state index contributed by atoms with van der Waals surface area (Å²) in [5.41, 5.74) is 0. The van der Waals surface area contributed by atoms with Gasteiger partial charge in [0.25, 0.3) is 0 Å². The molecule has 0 aromatic heterocycles. The van der Waals surface area contributed by atoms with E-state index in [0.29, 0.717) is 0 Å². The fourth-order valence-electron chi connectivity index (χ4n) is 2.56. The van der Waals surface area contributed by atoms with Gasteiger partial charge in [-0.2, -0.15) is 0 Å². The summed E-state index contributed by atoms with van der Waals surface area (Å²) in [4.78, 5) is 0. The average molecular weight is 342 g/mol. The zero-order chi connectivity index (χ0) is 17.3. The standard InChI is InChI=1S/C12H22O11/c13-1-3-5(15)7(17)8(18)12(22-3)23-10-6(16)4(2-14)21-11(20)9(10)19/h3-20H,1-2H2/t3-,4-,5-,6-,7-,8-,9-,10-,11-,12+/m1/s1. The number of rotatable bonds is 4. The van der Waals surface area contributed by atoms with Crippen LogP contribution in [0.25, 0.3) is 0 Å². The van der Waals surface area contributed by atoms with Crippen molar-refractivity contribution in [3.05, 3.63) is 0 Å². The van der Waals surface area contributed by atoms with E-state index in [4.69, 9.17) is 24.4 Å². The molecule has 0 aromatic rings. The minimum Gasteiger partial charge on any atom is -0.394 e. The van der Waals surface area contributed by atoms with E-state index in [2.05, 4.69) is 0 Å². The highest BCUT2D eigenvalue weighted by Gasteiger charge is 2.50. The van der Waals surface area contributed by atoms with Crippen molar-refractivity contribution in [2.24, 2.45) is 0 Å². The Morgan fingerprint density at radius 2 is 1.22 bits per heavy atom. The Morgan fingerprint density at radius 3 is 1.78 bits per heavy atom. The molecule has 11 nitrogen and oxygen atoms in total. The fourth-order valence-corrected chi connectivity index (χ4v) is 2.56. The molecule has 0 saturated carbocycles. The van der Waals surface area contributed by atoms with E-state index < -0.39 is 74.6 Å². The van der Waals surface area contributed by atoms with E-state index in [1.807, 2.05) is 0 Å². The van der Waals surface area contributed by atoms with E-state index in [1.54, 1.807) is 0 Å². The highest BCUT2D eigenvalue weighted by Crippen LogP contribution is 2.28. The summed E-state index contributed by atoms with van der Waals surface area (Å²) < 4.78 is 15.1. The Labute approximate surface area is 130 Å². The SMILES string of the molecule is OC[C@H]1O[C@@H](O[C@H]2[C@@H](O)[C@H](O)O[C@H](CO)[C@H]2O)[C@H](O)[C@H](O)[C@@H]1O. The van der Waals surface area contributed by atoms with Crippen molar-refractivity contribution in [2.45, 2.75) is 61.4 Å². The molecule has 10 atom stereocenters. The van der Waals surface area contributed by atoms with Crippen LogP contribution in [0.3, 0.4) is 0 Å². The maximum atomic E-state index is 10.00. The summed E-state index contributed by atoms with van der Waals surface area (Å²) in [6.45, 7) is -1.34. The molecule has 2 fully saturated rings. The molecule has 0 radical (unpaired) electrons. The van der Waals surface area contributed by atoms with E-state index in [0.717, 1.165) is 0 Å². The van der Waals surface area contributed by atoms with Crippen molar-refractivity contribution in [1.29, 1.82) is 0 Å². The summed E-state index contributed by atoms with van der Waals surface area (Å²) in [5, 5.41) is 76.8. The molecular weight excluding hydrogens is 320 g/mol. The Hall–Kier alpha value is -0.440. The van der Waals surface area contributed by atoms with Gasteiger partial charge in [-0.05, 0) is 0 Å². The highest BCUT2D eigenvalue weighted by atomic mass is 16.7. The van der Waals surface area contributed by atoms with Crippen LogP contribution in [0.15, 0.2) is 0 Å². The normalized spacial score (nSPS) is 51.7. The molecular formula is C12H22O11. The van der Waals surface area contributed by atoms with Crippen molar-refractivity contribution < 1.29 is 55.1 Å². The van der Waals surface area contributed by atoms with Crippen LogP contribution in [0.4, 0.5) is 0 Å². The van der Waals surface area contributed by atoms with Gasteiger partial charge >= 0.3 is 0 Å². The third-order valence-electron chi connectivity index (χ3n) is 3.98. The van der Waals surface area contributed by atoms with Gasteiger partial charge < -0.3 is 55.1 Å². The molecule has 0 aromatic carbocycles. The van der Waals surface area contributed by atoms with E-state index in [1.165, 1.54) is 0 Å². The van der Waals surface area contributed by atoms with Crippen LogP contribution in [0, 0.1) is 0 Å². The Morgan fingerprint density at radius 1 is 0.652 bits per heavy atom. The molecule has 2 rings (SSSR count). The summed E-state index contributed by atoms with van der Waals surface area (Å²) >= 11 is 0. The second-order valence-corrected chi connectivity index (χ2v) is 5.53. The largest absolute Gasteiger partial charge is 0.394 e. The van der Waals surface area contributed by atoms with Gasteiger partial charge in [-0.15, -0.1) is 0 Å². The monoisotopic (exact) mass is 342 g/mol. The highest BCUT2D eigenvalue weighted by molar-refractivity contribution is 4.93. The molecule has 8 N–H and O–H groups in total. The third-order valence-corrected chi connectivity index (χ3v) is 3.98. The molecule has 23 heavy (non-hydrogen) atoms. The Bertz CT molecular complexity index is 380. The quantitative estimate of drug-likeness (QED) is 0.243. The van der Waals surface area contributed by atoms with E-state index in [-0.39, 0.29) is 0 Å². The maximum absolute atomic E-state index is 10.00. The van der Waals surface area contributed by atoms with Crippen molar-refractivity contribution in [3.63, 3.8) is 0 Å². The van der Waals surface area contributed by atoms with Gasteiger partial charge in [0.05, 0.1) is 13.2 Å². The van der Waals surface area contributed by atoms with Gasteiger partial charge in [-0.1, -0.05) is 0 Å². The number of hydrogen-bond donors (Lipinski definition) is 8. The average Bonchev–Trinajstić information content (AvgIpc) is 2.54. The van der Waals surface area contributed by atoms with Crippen LogP contribution in [-0.4, -0.2) is 115 Å². The molecule has 0 amide bonds. The van der Waals surface area contributed by atoms with Crippen molar-refractivity contribution in [3.8, 4) is 0 Å². The zero-order valence-electron chi connectivity index (χ0n) is 12.0. The van der Waals surface area contributed by atoms with E-state index >= 15 is 0 Å². The molecule has 0 aliphatic carbocycles. The molecule has 2 saturated heterocycles. The lowest BCUT2D eigenvalue weighted by Crippen LogP contribution is -2.64. The molecule has 2 aliphatic heterocycles. The number of ether oxygens (including phenoxy) is 3. The molecule has 11 heteroatoms. The minimum atomic E-state index is -1.76. The van der Waals surface area contributed by atoms with Gasteiger partial charge in [0, 0.05) is 0 Å². The van der Waals surface area contributed by atoms with Gasteiger partial charge in [0.2, 0.25) is 0 Å². The second kappa shape index (κ2) is 7.63. The molecule has 0 unspecified atom stereocenters. The molecule has 2 heterocycles. The number of aliphatic hydroxyl groups is 8. The maximum Gasteiger partial charge on any atom is 0.187 e. The molecule has 2 aliphatic rings. The smallest absolute Gasteiger partial charge is 0.187 e. The molecule has 0 bridgehead atoms. The van der Waals surface area contributed by atoms with Crippen molar-refractivity contribution in [2.75, 3.05) is 13.2 Å². The summed E-state index contributed by atoms with van der Waals surface area (Å²) in [5.74, 6) is 0. The first-order chi connectivity index (χ1) is 10.8. The lowest BCUT2D eigenvalue weighted by Gasteiger charge is -2.45. The lowest BCUT2D eigenvalue weighted by molar-refractivity contribution is -0.355. The van der Waals surface area contributed by atoms with Gasteiger partial charge in [-0.3, -0.25) is 0 Å². The van der Waals surface area contributed by atoms with Gasteiger partial charge in [0.1, 0.15) is 48.8 Å². The Kier molecular flexibility index (Phi) is 6.27. The first kappa shape index (κ1) is 18.9. The topological polar surface area (TPSA) is 190 Å². The van der Waals surface area contributed by atoms with Crippen LogP contribution >= 0.6 is 0 Å². The van der Waals surface area contributed by atoms with Crippen LogP contribution in [0.1, 0.15) is 0 Å². The van der Waals surface area contributed by atoms with Crippen LogP contribution in [-0.2, 0) is 14.2 Å². The predicted octanol–water partition coefficient (Wildman–Crippen LogP) is -5.40. The van der Waals surface area contributed by atoms with Crippen LogP contribution in [0.5, 0.6) is 0 Å². The third kappa shape index (κ3) is 3.65. The molecule has 136 valence electrons. The number of hydrogen-bond acceptors (Lipinski definition) is 11. The summed E-state index contributed by atoms with van der Waals surface area (Å²) in [7, 11) is 0. The fraction of sp³-hybridized carbons (Fsp3) is 1.00. The first-order valence-electron chi connectivity index (χ1n) is 7.08. The predicted molar refractivity (Wildman–Crippen MR) is 68.6 cm³/mol. The first-order valence-corrected chi connectivity index (χ1v) is 7.08. The Balaban J connectivity index is 2.11. The van der Waals surface area contributed by atoms with Crippen molar-refractivity contribution >= 4 is 0 Å². The minimum absolute atomic E-state index is 0.667. The lowest BCUT2D eigenvalue weighted by atomic mass is 9.97.